The van der Waals surface area contributed by atoms with Gasteiger partial charge in [0.1, 0.15) is 6.10 Å². The van der Waals surface area contributed by atoms with Crippen LogP contribution in [0.25, 0.3) is 11.2 Å². The van der Waals surface area contributed by atoms with Crippen molar-refractivity contribution in [2.75, 3.05) is 31.2 Å². The third-order valence-electron chi connectivity index (χ3n) is 4.22. The summed E-state index contributed by atoms with van der Waals surface area (Å²) in [6, 6.07) is 0. The maximum Gasteiger partial charge on any atom is 0.254 e. The maximum atomic E-state index is 6.29. The molecule has 1 atom stereocenters. The first-order valence-corrected chi connectivity index (χ1v) is 8.86. The van der Waals surface area contributed by atoms with Crippen LogP contribution in [0, 0.1) is 0 Å². The topological polar surface area (TPSA) is 73.3 Å². The van der Waals surface area contributed by atoms with Crippen molar-refractivity contribution < 1.29 is 9.47 Å². The first kappa shape index (κ1) is 16.1. The summed E-state index contributed by atoms with van der Waals surface area (Å²) < 4.78 is 11.3. The normalized spacial score (nSPS) is 21.4. The molecule has 0 saturated carbocycles. The van der Waals surface area contributed by atoms with Gasteiger partial charge in [0.15, 0.2) is 22.1 Å². The molecule has 24 heavy (non-hydrogen) atoms. The highest BCUT2D eigenvalue weighted by Crippen LogP contribution is 2.31. The number of halogens is 2. The zero-order valence-corrected chi connectivity index (χ0v) is 14.6. The predicted molar refractivity (Wildman–Crippen MR) is 91.1 cm³/mol. The summed E-state index contributed by atoms with van der Waals surface area (Å²) in [6.45, 7) is 3.12. The Balaban J connectivity index is 1.71. The zero-order valence-electron chi connectivity index (χ0n) is 13.0. The fraction of sp³-hybridized carbons (Fsp3) is 0.600. The molecule has 2 aliphatic rings. The first-order chi connectivity index (χ1) is 11.7. The van der Waals surface area contributed by atoms with Crippen LogP contribution in [0.2, 0.25) is 10.4 Å². The number of fused-ring (bicyclic) bond motifs is 1. The van der Waals surface area contributed by atoms with Gasteiger partial charge in [0.2, 0.25) is 5.28 Å². The van der Waals surface area contributed by atoms with Crippen molar-refractivity contribution in [1.82, 2.24) is 19.9 Å². The molecule has 0 bridgehead atoms. The molecular weight excluding hydrogens is 353 g/mol. The van der Waals surface area contributed by atoms with Gasteiger partial charge in [0.05, 0.1) is 6.61 Å². The lowest BCUT2D eigenvalue weighted by Crippen LogP contribution is -2.28. The molecule has 2 saturated heterocycles. The Kier molecular flexibility index (Phi) is 4.56. The molecule has 2 aromatic heterocycles. The number of nitrogens with zero attached hydrogens (tertiary/aromatic N) is 5. The Bertz CT molecular complexity index is 748. The van der Waals surface area contributed by atoms with E-state index in [2.05, 4.69) is 24.8 Å². The lowest BCUT2D eigenvalue weighted by atomic mass is 10.2. The molecule has 1 unspecified atom stereocenters. The quantitative estimate of drug-likeness (QED) is 0.769. The van der Waals surface area contributed by atoms with E-state index in [-0.39, 0.29) is 22.4 Å². The van der Waals surface area contributed by atoms with Gasteiger partial charge in [0, 0.05) is 19.7 Å². The van der Waals surface area contributed by atoms with Crippen LogP contribution in [0.5, 0.6) is 5.88 Å². The largest absolute Gasteiger partial charge is 0.470 e. The number of hydrogen-bond donors (Lipinski definition) is 0. The average Bonchev–Trinajstić information content (AvgIpc) is 3.11. The Hall–Kier alpha value is -1.44. The Labute approximate surface area is 149 Å². The van der Waals surface area contributed by atoms with Crippen molar-refractivity contribution in [3.63, 3.8) is 0 Å². The summed E-state index contributed by atoms with van der Waals surface area (Å²) in [7, 11) is 0. The number of hydrogen-bond acceptors (Lipinski definition) is 7. The van der Waals surface area contributed by atoms with Gasteiger partial charge in [-0.3, -0.25) is 0 Å². The van der Waals surface area contributed by atoms with Gasteiger partial charge in [-0.05, 0) is 37.3 Å². The molecule has 0 spiro atoms. The van der Waals surface area contributed by atoms with Crippen LogP contribution < -0.4 is 9.64 Å². The van der Waals surface area contributed by atoms with E-state index in [1.165, 1.54) is 0 Å². The maximum absolute atomic E-state index is 6.29. The van der Waals surface area contributed by atoms with E-state index < -0.39 is 0 Å². The van der Waals surface area contributed by atoms with Crippen LogP contribution in [-0.2, 0) is 4.74 Å². The van der Waals surface area contributed by atoms with Crippen LogP contribution in [0.1, 0.15) is 25.7 Å². The first-order valence-electron chi connectivity index (χ1n) is 8.11. The molecule has 0 radical (unpaired) electrons. The molecule has 2 aliphatic heterocycles. The summed E-state index contributed by atoms with van der Waals surface area (Å²) in [5, 5.41) is 0.354. The monoisotopic (exact) mass is 369 g/mol. The van der Waals surface area contributed by atoms with E-state index in [4.69, 9.17) is 32.7 Å². The van der Waals surface area contributed by atoms with Crippen molar-refractivity contribution >= 4 is 40.2 Å². The van der Waals surface area contributed by atoms with Gasteiger partial charge in [-0.25, -0.2) is 4.98 Å². The van der Waals surface area contributed by atoms with E-state index in [0.717, 1.165) is 45.4 Å². The van der Waals surface area contributed by atoms with Gasteiger partial charge >= 0.3 is 0 Å². The van der Waals surface area contributed by atoms with Crippen LogP contribution in [0.15, 0.2) is 0 Å². The second-order valence-corrected chi connectivity index (χ2v) is 6.66. The molecule has 0 amide bonds. The highest BCUT2D eigenvalue weighted by Gasteiger charge is 2.23. The molecule has 4 heterocycles. The molecule has 128 valence electrons. The second kappa shape index (κ2) is 6.82. The smallest absolute Gasteiger partial charge is 0.254 e. The highest BCUT2D eigenvalue weighted by atomic mass is 35.5. The Morgan fingerprint density at radius 3 is 2.62 bits per heavy atom. The standard InChI is InChI=1S/C15H17Cl2N5O2/c16-11-14(24-9-4-3-7-23-8-9)19-12-10(18-11)13(21-15(17)20-12)22-5-1-2-6-22/h9H,1-8H2. The summed E-state index contributed by atoms with van der Waals surface area (Å²) in [4.78, 5) is 19.5. The van der Waals surface area contributed by atoms with E-state index in [0.29, 0.717) is 23.6 Å². The van der Waals surface area contributed by atoms with Crippen LogP contribution >= 0.6 is 23.2 Å². The molecule has 9 heteroatoms. The number of aromatic nitrogens is 4. The summed E-state index contributed by atoms with van der Waals surface area (Å²) in [5.41, 5.74) is 0.951. The van der Waals surface area contributed by atoms with E-state index in [1.54, 1.807) is 0 Å². The lowest BCUT2D eigenvalue weighted by molar-refractivity contribution is 0.00552. The second-order valence-electron chi connectivity index (χ2n) is 5.96. The summed E-state index contributed by atoms with van der Waals surface area (Å²) in [5.74, 6) is 0.950. The minimum atomic E-state index is -0.0710. The van der Waals surface area contributed by atoms with Gasteiger partial charge in [-0.2, -0.15) is 15.0 Å². The van der Waals surface area contributed by atoms with Gasteiger partial charge in [-0.15, -0.1) is 0 Å². The SMILES string of the molecule is Clc1nc(N2CCCC2)c2nc(Cl)c(OC3CCCOC3)nc2n1. The van der Waals surface area contributed by atoms with Gasteiger partial charge in [0.25, 0.3) is 5.88 Å². The van der Waals surface area contributed by atoms with Crippen LogP contribution in [0.4, 0.5) is 5.82 Å². The third-order valence-corrected chi connectivity index (χ3v) is 4.63. The zero-order chi connectivity index (χ0) is 16.5. The average molecular weight is 370 g/mol. The van der Waals surface area contributed by atoms with Crippen molar-refractivity contribution in [3.8, 4) is 5.88 Å². The van der Waals surface area contributed by atoms with E-state index in [1.807, 2.05) is 0 Å². The van der Waals surface area contributed by atoms with Crippen molar-refractivity contribution in [2.24, 2.45) is 0 Å². The molecule has 0 aliphatic carbocycles. The summed E-state index contributed by atoms with van der Waals surface area (Å²) >= 11 is 12.4. The molecule has 2 fully saturated rings. The third kappa shape index (κ3) is 3.20. The fourth-order valence-electron chi connectivity index (χ4n) is 3.06. The van der Waals surface area contributed by atoms with E-state index >= 15 is 0 Å². The molecule has 0 aromatic carbocycles. The van der Waals surface area contributed by atoms with Gasteiger partial charge in [-0.1, -0.05) is 11.6 Å². The highest BCUT2D eigenvalue weighted by molar-refractivity contribution is 6.31. The molecule has 4 rings (SSSR count). The summed E-state index contributed by atoms with van der Waals surface area (Å²) in [6.07, 6.45) is 4.02. The minimum absolute atomic E-state index is 0.0710. The molecule has 0 N–H and O–H groups in total. The minimum Gasteiger partial charge on any atom is -0.470 e. The van der Waals surface area contributed by atoms with Crippen molar-refractivity contribution in [2.45, 2.75) is 31.8 Å². The molecule has 7 nitrogen and oxygen atoms in total. The molecule has 2 aromatic rings. The van der Waals surface area contributed by atoms with Gasteiger partial charge < -0.3 is 14.4 Å². The van der Waals surface area contributed by atoms with Crippen molar-refractivity contribution in [3.05, 3.63) is 10.4 Å². The lowest BCUT2D eigenvalue weighted by Gasteiger charge is -2.23. The Morgan fingerprint density at radius 1 is 1.04 bits per heavy atom. The predicted octanol–water partition coefficient (Wildman–Crippen LogP) is 2.88. The number of rotatable bonds is 3. The van der Waals surface area contributed by atoms with E-state index in [9.17, 15) is 0 Å². The number of ether oxygens (including phenoxy) is 2. The fourth-order valence-corrected chi connectivity index (χ4v) is 3.39. The molecular formula is C15H17Cl2N5O2. The number of anilines is 1. The van der Waals surface area contributed by atoms with Crippen LogP contribution in [-0.4, -0.2) is 52.3 Å². The van der Waals surface area contributed by atoms with Crippen molar-refractivity contribution in [1.29, 1.82) is 0 Å². The Morgan fingerprint density at radius 2 is 1.88 bits per heavy atom. The van der Waals surface area contributed by atoms with Crippen LogP contribution in [0.3, 0.4) is 0 Å².